The number of hydrogen-bond acceptors (Lipinski definition) is 5. The molecule has 43 heavy (non-hydrogen) atoms. The Morgan fingerprint density at radius 3 is 2.44 bits per heavy atom. The predicted octanol–water partition coefficient (Wildman–Crippen LogP) is 4.87. The lowest BCUT2D eigenvalue weighted by Gasteiger charge is -2.27. The lowest BCUT2D eigenvalue weighted by Crippen LogP contribution is -2.41. The Morgan fingerprint density at radius 2 is 1.74 bits per heavy atom. The quantitative estimate of drug-likeness (QED) is 0.394. The summed E-state index contributed by atoms with van der Waals surface area (Å²) in [6, 6.07) is 14.1. The molecule has 0 bridgehead atoms. The number of carbonyl (C=O) groups is 2. The van der Waals surface area contributed by atoms with Crippen LogP contribution in [0, 0.1) is 5.92 Å². The van der Waals surface area contributed by atoms with Gasteiger partial charge in [0.2, 0.25) is 5.91 Å². The van der Waals surface area contributed by atoms with E-state index in [0.717, 1.165) is 40.0 Å². The van der Waals surface area contributed by atoms with E-state index in [2.05, 4.69) is 40.5 Å². The highest BCUT2D eigenvalue weighted by Gasteiger charge is 2.47. The van der Waals surface area contributed by atoms with Crippen LogP contribution in [0.5, 0.6) is 0 Å². The van der Waals surface area contributed by atoms with E-state index >= 15 is 0 Å². The van der Waals surface area contributed by atoms with Crippen molar-refractivity contribution in [3.8, 4) is 11.3 Å². The van der Waals surface area contributed by atoms with Gasteiger partial charge < -0.3 is 14.2 Å². The van der Waals surface area contributed by atoms with Gasteiger partial charge in [0.1, 0.15) is 0 Å². The Morgan fingerprint density at radius 1 is 1.02 bits per heavy atom. The number of fused-ring (bicyclic) bond motifs is 1. The van der Waals surface area contributed by atoms with Crippen molar-refractivity contribution in [3.05, 3.63) is 59.2 Å². The molecule has 2 saturated carbocycles. The zero-order chi connectivity index (χ0) is 30.3. The highest BCUT2D eigenvalue weighted by Crippen LogP contribution is 2.53. The molecule has 1 N–H and O–H groups in total. The van der Waals surface area contributed by atoms with E-state index in [1.165, 1.54) is 50.2 Å². The van der Waals surface area contributed by atoms with Gasteiger partial charge in [0, 0.05) is 61.7 Å². The standard InChI is InChI=1S/C33H42N4O5S/c1-4-37-29-20-23(32(38)34-43(40,41)35(2)3)14-15-26(29)30(22-10-6-5-7-11-22)31(37)25-13-9-8-12-24(25)27-21-28(27)33(39)36-16-18-42-19-17-36/h8-9,12-15,20,22,27-28H,4-7,10-11,16-19,21H2,1-3H3,(H,34,38)/t27-,28?/m1/s1. The first-order chi connectivity index (χ1) is 20.7. The molecule has 1 aromatic heterocycles. The number of morpholine rings is 1. The van der Waals surface area contributed by atoms with Crippen molar-refractivity contribution in [2.45, 2.75) is 63.8 Å². The van der Waals surface area contributed by atoms with Crippen LogP contribution in [-0.2, 0) is 26.3 Å². The van der Waals surface area contributed by atoms with E-state index in [-0.39, 0.29) is 17.7 Å². The molecule has 2 aliphatic carbocycles. The van der Waals surface area contributed by atoms with Gasteiger partial charge in [-0.3, -0.25) is 9.59 Å². The van der Waals surface area contributed by atoms with Gasteiger partial charge in [-0.25, -0.2) is 4.72 Å². The predicted molar refractivity (Wildman–Crippen MR) is 167 cm³/mol. The number of benzene rings is 2. The van der Waals surface area contributed by atoms with E-state index in [4.69, 9.17) is 4.74 Å². The molecule has 10 heteroatoms. The number of aromatic nitrogens is 1. The number of hydrogen-bond donors (Lipinski definition) is 1. The molecular weight excluding hydrogens is 564 g/mol. The number of ether oxygens (including phenoxy) is 1. The third kappa shape index (κ3) is 5.72. The average Bonchev–Trinajstić information content (AvgIpc) is 3.75. The second-order valence-electron chi connectivity index (χ2n) is 12.3. The SMILES string of the molecule is CCn1c(-c2ccccc2[C@H]2CC2C(=O)N2CCOCC2)c(C2CCCCC2)c2ccc(C(=O)NS(=O)(=O)N(C)C)cc21. The van der Waals surface area contributed by atoms with Crippen LogP contribution in [0.25, 0.3) is 22.2 Å². The van der Waals surface area contributed by atoms with Crippen molar-refractivity contribution in [2.24, 2.45) is 5.92 Å². The molecule has 2 aromatic carbocycles. The molecule has 6 rings (SSSR count). The zero-order valence-electron chi connectivity index (χ0n) is 25.3. The maximum absolute atomic E-state index is 13.4. The largest absolute Gasteiger partial charge is 0.378 e. The van der Waals surface area contributed by atoms with E-state index in [0.29, 0.717) is 44.3 Å². The Labute approximate surface area is 254 Å². The topological polar surface area (TPSA) is 101 Å². The summed E-state index contributed by atoms with van der Waals surface area (Å²) in [5.41, 5.74) is 6.08. The van der Waals surface area contributed by atoms with Crippen LogP contribution in [-0.4, -0.2) is 74.4 Å². The lowest BCUT2D eigenvalue weighted by molar-refractivity contribution is -0.136. The van der Waals surface area contributed by atoms with Gasteiger partial charge in [-0.05, 0) is 61.3 Å². The lowest BCUT2D eigenvalue weighted by atomic mass is 9.81. The number of carbonyl (C=O) groups excluding carboxylic acids is 2. The molecule has 2 amide bonds. The van der Waals surface area contributed by atoms with Crippen molar-refractivity contribution in [1.82, 2.24) is 18.5 Å². The summed E-state index contributed by atoms with van der Waals surface area (Å²) in [6.45, 7) is 5.32. The summed E-state index contributed by atoms with van der Waals surface area (Å²) < 4.78 is 35.7. The normalized spacial score (nSPS) is 21.3. The Bertz CT molecular complexity index is 1630. The van der Waals surface area contributed by atoms with Gasteiger partial charge in [0.25, 0.3) is 5.91 Å². The molecule has 1 saturated heterocycles. The van der Waals surface area contributed by atoms with Crippen LogP contribution >= 0.6 is 0 Å². The molecule has 2 atom stereocenters. The fourth-order valence-electron chi connectivity index (χ4n) is 7.07. The van der Waals surface area contributed by atoms with E-state index in [1.54, 1.807) is 6.07 Å². The van der Waals surface area contributed by atoms with E-state index < -0.39 is 16.1 Å². The number of rotatable bonds is 8. The summed E-state index contributed by atoms with van der Waals surface area (Å²) in [5, 5.41) is 1.11. The van der Waals surface area contributed by atoms with Crippen molar-refractivity contribution in [1.29, 1.82) is 0 Å². The molecule has 1 aliphatic heterocycles. The molecule has 1 unspecified atom stereocenters. The summed E-state index contributed by atoms with van der Waals surface area (Å²) in [5.74, 6) is 0.140. The van der Waals surface area contributed by atoms with Crippen LogP contribution < -0.4 is 4.72 Å². The summed E-state index contributed by atoms with van der Waals surface area (Å²) in [4.78, 5) is 28.4. The second kappa shape index (κ2) is 12.1. The number of amides is 2. The first-order valence-corrected chi connectivity index (χ1v) is 17.0. The van der Waals surface area contributed by atoms with Crippen molar-refractivity contribution in [2.75, 3.05) is 40.4 Å². The van der Waals surface area contributed by atoms with Crippen molar-refractivity contribution < 1.29 is 22.7 Å². The Hall–Kier alpha value is -3.21. The van der Waals surface area contributed by atoms with Crippen molar-refractivity contribution in [3.63, 3.8) is 0 Å². The number of nitrogens with zero attached hydrogens (tertiary/aromatic N) is 3. The van der Waals surface area contributed by atoms with Gasteiger partial charge in [-0.1, -0.05) is 49.6 Å². The molecule has 2 heterocycles. The fourth-order valence-corrected chi connectivity index (χ4v) is 7.61. The Kier molecular flexibility index (Phi) is 8.37. The van der Waals surface area contributed by atoms with Gasteiger partial charge in [0.05, 0.1) is 18.9 Å². The fraction of sp³-hybridized carbons (Fsp3) is 0.515. The molecule has 0 spiro atoms. The molecule has 3 fully saturated rings. The number of aryl methyl sites for hydroxylation is 1. The minimum absolute atomic E-state index is 0.00854. The third-order valence-corrected chi connectivity index (χ3v) is 10.8. The maximum Gasteiger partial charge on any atom is 0.303 e. The smallest absolute Gasteiger partial charge is 0.303 e. The van der Waals surface area contributed by atoms with Gasteiger partial charge in [0.15, 0.2) is 0 Å². The van der Waals surface area contributed by atoms with Gasteiger partial charge >= 0.3 is 10.2 Å². The molecular formula is C33H42N4O5S. The van der Waals surface area contributed by atoms with Crippen molar-refractivity contribution >= 4 is 32.9 Å². The van der Waals surface area contributed by atoms with Crippen LogP contribution in [0.2, 0.25) is 0 Å². The summed E-state index contributed by atoms with van der Waals surface area (Å²) >= 11 is 0. The molecule has 3 aromatic rings. The van der Waals surface area contributed by atoms with Crippen LogP contribution in [0.1, 0.15) is 78.8 Å². The minimum atomic E-state index is -3.92. The average molecular weight is 607 g/mol. The van der Waals surface area contributed by atoms with E-state index in [9.17, 15) is 18.0 Å². The first-order valence-electron chi connectivity index (χ1n) is 15.6. The monoisotopic (exact) mass is 606 g/mol. The highest BCUT2D eigenvalue weighted by atomic mass is 32.2. The van der Waals surface area contributed by atoms with Crippen LogP contribution in [0.3, 0.4) is 0 Å². The minimum Gasteiger partial charge on any atom is -0.378 e. The molecule has 3 aliphatic rings. The van der Waals surface area contributed by atoms with E-state index in [1.807, 2.05) is 17.0 Å². The van der Waals surface area contributed by atoms with Gasteiger partial charge in [-0.15, -0.1) is 0 Å². The molecule has 0 radical (unpaired) electrons. The second-order valence-corrected chi connectivity index (χ2v) is 14.2. The third-order valence-electron chi connectivity index (χ3n) is 9.44. The maximum atomic E-state index is 13.4. The molecule has 230 valence electrons. The Balaban J connectivity index is 1.44. The summed E-state index contributed by atoms with van der Waals surface area (Å²) in [6.07, 6.45) is 6.69. The molecule has 9 nitrogen and oxygen atoms in total. The summed E-state index contributed by atoms with van der Waals surface area (Å²) in [7, 11) is -1.14. The zero-order valence-corrected chi connectivity index (χ0v) is 26.2. The number of nitrogens with one attached hydrogen (secondary N) is 1. The highest BCUT2D eigenvalue weighted by molar-refractivity contribution is 7.87. The van der Waals surface area contributed by atoms with Crippen LogP contribution in [0.4, 0.5) is 0 Å². The van der Waals surface area contributed by atoms with Crippen LogP contribution in [0.15, 0.2) is 42.5 Å². The van der Waals surface area contributed by atoms with Gasteiger partial charge in [-0.2, -0.15) is 12.7 Å². The first kappa shape index (κ1) is 29.8.